The maximum absolute atomic E-state index is 12.6. The van der Waals surface area contributed by atoms with E-state index in [0.717, 1.165) is 0 Å². The average Bonchev–Trinajstić information content (AvgIpc) is 3.08. The molecule has 0 unspecified atom stereocenters. The van der Waals surface area contributed by atoms with Crippen molar-refractivity contribution >= 4 is 16.1 Å². The Morgan fingerprint density at radius 2 is 2.09 bits per heavy atom. The van der Waals surface area contributed by atoms with Gasteiger partial charge in [-0.3, -0.25) is 0 Å². The second-order valence-corrected chi connectivity index (χ2v) is 7.14. The molecule has 1 amide bonds. The maximum Gasteiger partial charge on any atom is 0.404 e. The van der Waals surface area contributed by atoms with E-state index in [1.165, 1.54) is 35.6 Å². The van der Waals surface area contributed by atoms with E-state index in [1.807, 2.05) is 0 Å². The van der Waals surface area contributed by atoms with Crippen molar-refractivity contribution < 1.29 is 27.8 Å². The molecule has 2 N–H and O–H groups in total. The lowest BCUT2D eigenvalue weighted by Crippen LogP contribution is -2.44. The van der Waals surface area contributed by atoms with Gasteiger partial charge in [-0.25, -0.2) is 18.2 Å². The van der Waals surface area contributed by atoms with Gasteiger partial charge in [0.1, 0.15) is 0 Å². The quantitative estimate of drug-likeness (QED) is 0.651. The molecule has 23 heavy (non-hydrogen) atoms. The van der Waals surface area contributed by atoms with Gasteiger partial charge in [-0.2, -0.15) is 4.31 Å². The summed E-state index contributed by atoms with van der Waals surface area (Å²) in [5.41, 5.74) is 0. The number of rotatable bonds is 6. The van der Waals surface area contributed by atoms with Gasteiger partial charge in [0.2, 0.25) is 0 Å². The average molecular weight is 348 g/mol. The zero-order chi connectivity index (χ0) is 17.2. The number of hydrogen-bond acceptors (Lipinski definition) is 6. The molecule has 1 aliphatic rings. The monoisotopic (exact) mass is 348 g/mol. The molecule has 0 bridgehead atoms. The molecule has 0 radical (unpaired) electrons. The number of sulfonamides is 1. The zero-order valence-electron chi connectivity index (χ0n) is 13.0. The van der Waals surface area contributed by atoms with Crippen LogP contribution in [-0.4, -0.2) is 73.1 Å². The number of imidazole rings is 1. The first-order valence-electron chi connectivity index (χ1n) is 6.82. The molecule has 0 spiro atoms. The standard InChI is InChI=1S/C12H20N4O6S/c1-15-6-10(13-7-15)23(19,20)16-4-8(11(21-2)22-3)9(5-16)14-12(17)18/h6-9,11,14H,4-5H2,1-3H3,(H,17,18)/t8-,9-/m0/s1. The van der Waals surface area contributed by atoms with E-state index in [-0.39, 0.29) is 18.1 Å². The summed E-state index contributed by atoms with van der Waals surface area (Å²) in [5, 5.41) is 11.2. The highest BCUT2D eigenvalue weighted by atomic mass is 32.2. The van der Waals surface area contributed by atoms with Crippen molar-refractivity contribution in [2.75, 3.05) is 27.3 Å². The number of nitrogens with one attached hydrogen (secondary N) is 1. The second-order valence-electron chi connectivity index (χ2n) is 5.26. The molecule has 2 atom stereocenters. The molecule has 130 valence electrons. The molecule has 1 saturated heterocycles. The minimum Gasteiger partial charge on any atom is -0.465 e. The van der Waals surface area contributed by atoms with Crippen molar-refractivity contribution in [1.82, 2.24) is 19.2 Å². The molecule has 11 heteroatoms. The number of ether oxygens (including phenoxy) is 2. The number of aromatic nitrogens is 2. The Morgan fingerprint density at radius 1 is 1.43 bits per heavy atom. The van der Waals surface area contributed by atoms with Crippen molar-refractivity contribution in [3.8, 4) is 0 Å². The summed E-state index contributed by atoms with van der Waals surface area (Å²) in [7, 11) is 0.691. The van der Waals surface area contributed by atoms with E-state index in [4.69, 9.17) is 14.6 Å². The van der Waals surface area contributed by atoms with E-state index < -0.39 is 34.4 Å². The van der Waals surface area contributed by atoms with E-state index in [9.17, 15) is 13.2 Å². The van der Waals surface area contributed by atoms with Gasteiger partial charge in [-0.15, -0.1) is 0 Å². The third-order valence-electron chi connectivity index (χ3n) is 3.74. The lowest BCUT2D eigenvalue weighted by atomic mass is 10.0. The molecule has 1 aromatic rings. The van der Waals surface area contributed by atoms with Crippen molar-refractivity contribution in [3.63, 3.8) is 0 Å². The molecular weight excluding hydrogens is 328 g/mol. The van der Waals surface area contributed by atoms with Crippen LogP contribution in [0.15, 0.2) is 17.6 Å². The summed E-state index contributed by atoms with van der Waals surface area (Å²) in [6.07, 6.45) is 0.825. The number of carbonyl (C=O) groups is 1. The number of nitrogens with zero attached hydrogens (tertiary/aromatic N) is 3. The van der Waals surface area contributed by atoms with Gasteiger partial charge in [-0.05, 0) is 0 Å². The smallest absolute Gasteiger partial charge is 0.404 e. The van der Waals surface area contributed by atoms with Gasteiger partial charge in [0.25, 0.3) is 10.0 Å². The molecule has 1 aromatic heterocycles. The summed E-state index contributed by atoms with van der Waals surface area (Å²) in [5.74, 6) is -0.473. The van der Waals surface area contributed by atoms with Crippen molar-refractivity contribution in [2.45, 2.75) is 17.4 Å². The fraction of sp³-hybridized carbons (Fsp3) is 0.667. The summed E-state index contributed by atoms with van der Waals surface area (Å²) in [6.45, 7) is 0.0509. The molecule has 0 aliphatic carbocycles. The van der Waals surface area contributed by atoms with Crippen LogP contribution in [-0.2, 0) is 26.5 Å². The molecular formula is C12H20N4O6S. The molecule has 1 aliphatic heterocycles. The third-order valence-corrected chi connectivity index (χ3v) is 5.46. The van der Waals surface area contributed by atoms with Crippen molar-refractivity contribution in [1.29, 1.82) is 0 Å². The summed E-state index contributed by atoms with van der Waals surface area (Å²) in [4.78, 5) is 14.8. The van der Waals surface area contributed by atoms with Crippen LogP contribution >= 0.6 is 0 Å². The van der Waals surface area contributed by atoms with E-state index >= 15 is 0 Å². The van der Waals surface area contributed by atoms with Crippen LogP contribution in [0.3, 0.4) is 0 Å². The first-order valence-corrected chi connectivity index (χ1v) is 8.26. The van der Waals surface area contributed by atoms with E-state index in [2.05, 4.69) is 10.3 Å². The number of methoxy groups -OCH3 is 2. The highest BCUT2D eigenvalue weighted by molar-refractivity contribution is 7.89. The van der Waals surface area contributed by atoms with Crippen LogP contribution in [0.5, 0.6) is 0 Å². The van der Waals surface area contributed by atoms with Crippen molar-refractivity contribution in [2.24, 2.45) is 13.0 Å². The number of hydrogen-bond donors (Lipinski definition) is 2. The van der Waals surface area contributed by atoms with Crippen LogP contribution in [0.1, 0.15) is 0 Å². The third kappa shape index (κ3) is 3.63. The Balaban J connectivity index is 2.26. The first kappa shape index (κ1) is 17.7. The first-order chi connectivity index (χ1) is 10.8. The van der Waals surface area contributed by atoms with Crippen molar-refractivity contribution in [3.05, 3.63) is 12.5 Å². The Kier molecular flexibility index (Phi) is 5.24. The fourth-order valence-electron chi connectivity index (χ4n) is 2.68. The molecule has 0 saturated carbocycles. The summed E-state index contributed by atoms with van der Waals surface area (Å²) >= 11 is 0. The normalized spacial score (nSPS) is 22.6. The summed E-state index contributed by atoms with van der Waals surface area (Å²) < 4.78 is 38.3. The van der Waals surface area contributed by atoms with Crippen LogP contribution in [0.2, 0.25) is 0 Å². The Labute approximate surface area is 134 Å². The Bertz CT molecular complexity index is 656. The summed E-state index contributed by atoms with van der Waals surface area (Å²) in [6, 6.07) is -0.643. The molecule has 2 rings (SSSR count). The number of carboxylic acid groups (broad SMARTS) is 1. The van der Waals surface area contributed by atoms with E-state index in [0.29, 0.717) is 0 Å². The molecule has 0 aromatic carbocycles. The van der Waals surface area contributed by atoms with Gasteiger partial charge in [0, 0.05) is 46.5 Å². The predicted molar refractivity (Wildman–Crippen MR) is 78.2 cm³/mol. The molecule has 2 heterocycles. The lowest BCUT2D eigenvalue weighted by molar-refractivity contribution is -0.137. The number of aryl methyl sites for hydroxylation is 1. The van der Waals surface area contributed by atoms with Gasteiger partial charge in [0.15, 0.2) is 11.3 Å². The Morgan fingerprint density at radius 3 is 2.57 bits per heavy atom. The minimum atomic E-state index is -3.81. The van der Waals surface area contributed by atoms with Crippen LogP contribution in [0.25, 0.3) is 0 Å². The largest absolute Gasteiger partial charge is 0.465 e. The minimum absolute atomic E-state index is 0.0148. The molecule has 1 fully saturated rings. The maximum atomic E-state index is 12.6. The van der Waals surface area contributed by atoms with Gasteiger partial charge < -0.3 is 24.5 Å². The fourth-order valence-corrected chi connectivity index (χ4v) is 4.14. The van der Waals surface area contributed by atoms with Crippen LogP contribution in [0.4, 0.5) is 4.79 Å². The van der Waals surface area contributed by atoms with E-state index in [1.54, 1.807) is 7.05 Å². The highest BCUT2D eigenvalue weighted by Gasteiger charge is 2.44. The zero-order valence-corrected chi connectivity index (χ0v) is 13.9. The SMILES string of the molecule is COC(OC)[C@H]1CN(S(=O)(=O)c2cn(C)cn2)C[C@@H]1NC(=O)O. The highest BCUT2D eigenvalue weighted by Crippen LogP contribution is 2.27. The lowest BCUT2D eigenvalue weighted by Gasteiger charge is -2.25. The molecule has 10 nitrogen and oxygen atoms in total. The number of amides is 1. The van der Waals surface area contributed by atoms with Gasteiger partial charge in [-0.1, -0.05) is 0 Å². The van der Waals surface area contributed by atoms with Gasteiger partial charge in [0.05, 0.1) is 12.4 Å². The topological polar surface area (TPSA) is 123 Å². The Hall–Kier alpha value is -1.69. The van der Waals surface area contributed by atoms with Crippen LogP contribution in [0, 0.1) is 5.92 Å². The predicted octanol–water partition coefficient (Wildman–Crippen LogP) is -0.704. The van der Waals surface area contributed by atoms with Crippen LogP contribution < -0.4 is 5.32 Å². The van der Waals surface area contributed by atoms with Gasteiger partial charge >= 0.3 is 6.09 Å². The second kappa shape index (κ2) is 6.83.